The van der Waals surface area contributed by atoms with Crippen molar-refractivity contribution in [2.24, 2.45) is 5.92 Å². The zero-order chi connectivity index (χ0) is 19.0. The van der Waals surface area contributed by atoms with Crippen LogP contribution in [0.25, 0.3) is 0 Å². The van der Waals surface area contributed by atoms with E-state index in [1.165, 1.54) is 19.2 Å². The Kier molecular flexibility index (Phi) is 7.32. The molecule has 0 saturated heterocycles. The highest BCUT2D eigenvalue weighted by Crippen LogP contribution is 2.24. The number of benzene rings is 1. The van der Waals surface area contributed by atoms with Crippen molar-refractivity contribution < 1.29 is 28.8 Å². The second-order valence-corrected chi connectivity index (χ2v) is 5.37. The molecular formula is C15H19N3O7. The molecule has 0 aliphatic carbocycles. The molecule has 1 aromatic carbocycles. The Hall–Kier alpha value is -3.17. The molecular weight excluding hydrogens is 334 g/mol. The Morgan fingerprint density at radius 2 is 1.96 bits per heavy atom. The fraction of sp³-hybridized carbons (Fsp3) is 0.400. The number of non-ortho nitro benzene ring substituents is 1. The van der Waals surface area contributed by atoms with Gasteiger partial charge in [0.25, 0.3) is 11.6 Å². The molecule has 0 radical (unpaired) electrons. The van der Waals surface area contributed by atoms with E-state index in [0.717, 1.165) is 6.07 Å². The standard InChI is InChI=1S/C15H19N3O7/c1-9(2)7-16-15(21)17-13(19)8-25-14(20)11-6-10(18(22)23)4-5-12(11)24-3/h4-6,9H,7-8H2,1-3H3,(H2,16,17,19,21). The van der Waals surface area contributed by atoms with E-state index in [9.17, 15) is 24.5 Å². The summed E-state index contributed by atoms with van der Waals surface area (Å²) in [6.45, 7) is 3.43. The van der Waals surface area contributed by atoms with Gasteiger partial charge in [-0.25, -0.2) is 9.59 Å². The first kappa shape index (κ1) is 19.9. The molecule has 0 aliphatic heterocycles. The lowest BCUT2D eigenvalue weighted by atomic mass is 10.2. The molecule has 0 bridgehead atoms. The zero-order valence-electron chi connectivity index (χ0n) is 14.0. The van der Waals surface area contributed by atoms with Gasteiger partial charge >= 0.3 is 12.0 Å². The van der Waals surface area contributed by atoms with Gasteiger partial charge in [-0.15, -0.1) is 0 Å². The minimum absolute atomic E-state index is 0.0608. The lowest BCUT2D eigenvalue weighted by Gasteiger charge is -2.10. The quantitative estimate of drug-likeness (QED) is 0.427. The van der Waals surface area contributed by atoms with E-state index in [2.05, 4.69) is 5.32 Å². The molecule has 0 saturated carbocycles. The molecule has 10 nitrogen and oxygen atoms in total. The third kappa shape index (κ3) is 6.45. The van der Waals surface area contributed by atoms with E-state index in [1.807, 2.05) is 19.2 Å². The molecule has 0 atom stereocenters. The van der Waals surface area contributed by atoms with Gasteiger partial charge in [-0.1, -0.05) is 13.8 Å². The molecule has 0 unspecified atom stereocenters. The summed E-state index contributed by atoms with van der Waals surface area (Å²) >= 11 is 0. The molecule has 1 aromatic rings. The number of hydrogen-bond acceptors (Lipinski definition) is 7. The monoisotopic (exact) mass is 353 g/mol. The van der Waals surface area contributed by atoms with Gasteiger partial charge in [0, 0.05) is 18.7 Å². The number of esters is 1. The maximum Gasteiger partial charge on any atom is 0.342 e. The highest BCUT2D eigenvalue weighted by atomic mass is 16.6. The van der Waals surface area contributed by atoms with Crippen molar-refractivity contribution in [3.63, 3.8) is 0 Å². The number of methoxy groups -OCH3 is 1. The van der Waals surface area contributed by atoms with Crippen molar-refractivity contribution in [3.05, 3.63) is 33.9 Å². The first-order valence-corrected chi connectivity index (χ1v) is 7.31. The summed E-state index contributed by atoms with van der Waals surface area (Å²) in [7, 11) is 1.28. The van der Waals surface area contributed by atoms with E-state index in [4.69, 9.17) is 9.47 Å². The molecule has 10 heteroatoms. The van der Waals surface area contributed by atoms with E-state index >= 15 is 0 Å². The number of rotatable bonds is 7. The number of nitro groups is 1. The van der Waals surface area contributed by atoms with Crippen LogP contribution in [-0.2, 0) is 9.53 Å². The van der Waals surface area contributed by atoms with Crippen LogP contribution < -0.4 is 15.4 Å². The third-order valence-electron chi connectivity index (χ3n) is 2.87. The van der Waals surface area contributed by atoms with Crippen LogP contribution >= 0.6 is 0 Å². The summed E-state index contributed by atoms with van der Waals surface area (Å²) in [5.41, 5.74) is -0.529. The van der Waals surface area contributed by atoms with Crippen LogP contribution in [-0.4, -0.2) is 43.1 Å². The first-order chi connectivity index (χ1) is 11.7. The van der Waals surface area contributed by atoms with Gasteiger partial charge in [-0.3, -0.25) is 20.2 Å². The average molecular weight is 353 g/mol. The molecule has 0 fully saturated rings. The van der Waals surface area contributed by atoms with Crippen LogP contribution in [0.5, 0.6) is 5.75 Å². The van der Waals surface area contributed by atoms with Gasteiger partial charge in [0.2, 0.25) is 0 Å². The summed E-state index contributed by atoms with van der Waals surface area (Å²) in [5.74, 6) is -1.55. The Labute approximate surface area is 143 Å². The van der Waals surface area contributed by atoms with Crippen LogP contribution in [0.15, 0.2) is 18.2 Å². The highest BCUT2D eigenvalue weighted by Gasteiger charge is 2.20. The molecule has 2 N–H and O–H groups in total. The van der Waals surface area contributed by atoms with Crippen molar-refractivity contribution in [2.75, 3.05) is 20.3 Å². The van der Waals surface area contributed by atoms with Gasteiger partial charge in [-0.2, -0.15) is 0 Å². The minimum Gasteiger partial charge on any atom is -0.496 e. The molecule has 25 heavy (non-hydrogen) atoms. The Balaban J connectivity index is 2.64. The summed E-state index contributed by atoms with van der Waals surface area (Å²) in [6, 6.07) is 2.69. The minimum atomic E-state index is -0.988. The predicted octanol–water partition coefficient (Wildman–Crippen LogP) is 1.24. The molecule has 0 aliphatic rings. The largest absolute Gasteiger partial charge is 0.496 e. The van der Waals surface area contributed by atoms with Crippen molar-refractivity contribution >= 4 is 23.6 Å². The topological polar surface area (TPSA) is 137 Å². The Morgan fingerprint density at radius 1 is 1.28 bits per heavy atom. The summed E-state index contributed by atoms with van der Waals surface area (Å²) in [5, 5.41) is 15.2. The van der Waals surface area contributed by atoms with Gasteiger partial charge < -0.3 is 14.8 Å². The number of nitrogens with one attached hydrogen (secondary N) is 2. The SMILES string of the molecule is COc1ccc([N+](=O)[O-])cc1C(=O)OCC(=O)NC(=O)NCC(C)C. The van der Waals surface area contributed by atoms with Gasteiger partial charge in [0.05, 0.1) is 12.0 Å². The number of amides is 3. The highest BCUT2D eigenvalue weighted by molar-refractivity contribution is 5.98. The molecule has 0 aromatic heterocycles. The van der Waals surface area contributed by atoms with Crippen LogP contribution in [0.4, 0.5) is 10.5 Å². The lowest BCUT2D eigenvalue weighted by Crippen LogP contribution is -2.42. The number of ether oxygens (including phenoxy) is 2. The number of carbonyl (C=O) groups is 3. The molecule has 136 valence electrons. The fourth-order valence-corrected chi connectivity index (χ4v) is 1.68. The van der Waals surface area contributed by atoms with Crippen molar-refractivity contribution in [1.29, 1.82) is 0 Å². The van der Waals surface area contributed by atoms with E-state index in [1.54, 1.807) is 0 Å². The number of urea groups is 1. The van der Waals surface area contributed by atoms with Crippen molar-refractivity contribution in [2.45, 2.75) is 13.8 Å². The van der Waals surface area contributed by atoms with Gasteiger partial charge in [0.15, 0.2) is 6.61 Å². The maximum atomic E-state index is 12.0. The summed E-state index contributed by atoms with van der Waals surface area (Å²) < 4.78 is 9.70. The maximum absolute atomic E-state index is 12.0. The van der Waals surface area contributed by atoms with Gasteiger partial charge in [-0.05, 0) is 12.0 Å². The van der Waals surface area contributed by atoms with E-state index in [0.29, 0.717) is 6.54 Å². The Bertz CT molecular complexity index is 673. The second kappa shape index (κ2) is 9.21. The van der Waals surface area contributed by atoms with Crippen LogP contribution in [0, 0.1) is 16.0 Å². The lowest BCUT2D eigenvalue weighted by molar-refractivity contribution is -0.384. The smallest absolute Gasteiger partial charge is 0.342 e. The number of carbonyl (C=O) groups excluding carboxylic acids is 3. The van der Waals surface area contributed by atoms with E-state index < -0.39 is 29.4 Å². The van der Waals surface area contributed by atoms with Crippen LogP contribution in [0.2, 0.25) is 0 Å². The van der Waals surface area contributed by atoms with E-state index in [-0.39, 0.29) is 22.9 Å². The normalized spacial score (nSPS) is 10.1. The molecule has 0 heterocycles. The second-order valence-electron chi connectivity index (χ2n) is 5.37. The first-order valence-electron chi connectivity index (χ1n) is 7.31. The average Bonchev–Trinajstić information content (AvgIpc) is 2.57. The van der Waals surface area contributed by atoms with Crippen LogP contribution in [0.1, 0.15) is 24.2 Å². The predicted molar refractivity (Wildman–Crippen MR) is 86.3 cm³/mol. The summed E-state index contributed by atoms with van der Waals surface area (Å²) in [4.78, 5) is 45.1. The number of nitro benzene ring substituents is 1. The summed E-state index contributed by atoms with van der Waals surface area (Å²) in [6.07, 6.45) is 0. The van der Waals surface area contributed by atoms with Crippen molar-refractivity contribution in [3.8, 4) is 5.75 Å². The molecule has 1 rings (SSSR count). The Morgan fingerprint density at radius 3 is 2.52 bits per heavy atom. The molecule has 3 amide bonds. The zero-order valence-corrected chi connectivity index (χ0v) is 14.0. The van der Waals surface area contributed by atoms with Crippen LogP contribution in [0.3, 0.4) is 0 Å². The number of nitrogens with zero attached hydrogens (tertiary/aromatic N) is 1. The van der Waals surface area contributed by atoms with Gasteiger partial charge in [0.1, 0.15) is 11.3 Å². The van der Waals surface area contributed by atoms with Crippen molar-refractivity contribution in [1.82, 2.24) is 10.6 Å². The fourth-order valence-electron chi connectivity index (χ4n) is 1.68. The third-order valence-corrected chi connectivity index (χ3v) is 2.87. The molecule has 0 spiro atoms. The number of hydrogen-bond donors (Lipinski definition) is 2. The number of imide groups is 1.